The normalized spacial score (nSPS) is 18.4. The molecule has 4 rings (SSSR count). The lowest BCUT2D eigenvalue weighted by molar-refractivity contribution is -0.147. The summed E-state index contributed by atoms with van der Waals surface area (Å²) in [7, 11) is 0. The van der Waals surface area contributed by atoms with Gasteiger partial charge in [0.25, 0.3) is 0 Å². The SMILES string of the molecule is NC(=O)C1CCC(C(=O)OCc2ccccc2)c2c1n(CCF)c1ccccc21. The van der Waals surface area contributed by atoms with Crippen molar-refractivity contribution < 1.29 is 18.7 Å². The van der Waals surface area contributed by atoms with Gasteiger partial charge in [0.15, 0.2) is 0 Å². The predicted molar refractivity (Wildman–Crippen MR) is 108 cm³/mol. The summed E-state index contributed by atoms with van der Waals surface area (Å²) >= 11 is 0. The summed E-state index contributed by atoms with van der Waals surface area (Å²) in [4.78, 5) is 25.1. The van der Waals surface area contributed by atoms with Gasteiger partial charge in [0.1, 0.15) is 13.3 Å². The third kappa shape index (κ3) is 3.50. The molecule has 0 saturated carbocycles. The number of fused-ring (bicyclic) bond motifs is 3. The Morgan fingerprint density at radius 3 is 2.45 bits per heavy atom. The highest BCUT2D eigenvalue weighted by Gasteiger charge is 2.39. The van der Waals surface area contributed by atoms with Gasteiger partial charge in [-0.15, -0.1) is 0 Å². The minimum Gasteiger partial charge on any atom is -0.460 e. The van der Waals surface area contributed by atoms with E-state index in [4.69, 9.17) is 10.5 Å². The number of rotatable bonds is 6. The van der Waals surface area contributed by atoms with Crippen molar-refractivity contribution in [1.82, 2.24) is 4.57 Å². The van der Waals surface area contributed by atoms with E-state index >= 15 is 0 Å². The Morgan fingerprint density at radius 1 is 1.03 bits per heavy atom. The Hall–Kier alpha value is -3.15. The van der Waals surface area contributed by atoms with Crippen LogP contribution in [0.3, 0.4) is 0 Å². The molecule has 0 saturated heterocycles. The molecule has 1 aliphatic rings. The molecular formula is C23H23FN2O3. The van der Waals surface area contributed by atoms with Crippen molar-refractivity contribution in [3.8, 4) is 0 Å². The van der Waals surface area contributed by atoms with Gasteiger partial charge in [0, 0.05) is 16.6 Å². The number of aryl methyl sites for hydroxylation is 1. The molecule has 3 aromatic rings. The molecule has 2 N–H and O–H groups in total. The Labute approximate surface area is 168 Å². The highest BCUT2D eigenvalue weighted by atomic mass is 19.1. The number of para-hydroxylation sites is 1. The van der Waals surface area contributed by atoms with Crippen LogP contribution in [0.5, 0.6) is 0 Å². The van der Waals surface area contributed by atoms with Crippen LogP contribution in [0.25, 0.3) is 10.9 Å². The lowest BCUT2D eigenvalue weighted by Crippen LogP contribution is -2.31. The third-order valence-electron chi connectivity index (χ3n) is 5.63. The minimum absolute atomic E-state index is 0.116. The van der Waals surface area contributed by atoms with Crippen molar-refractivity contribution in [2.75, 3.05) is 6.67 Å². The summed E-state index contributed by atoms with van der Waals surface area (Å²) in [6.07, 6.45) is 0.911. The summed E-state index contributed by atoms with van der Waals surface area (Å²) in [5, 5.41) is 0.851. The summed E-state index contributed by atoms with van der Waals surface area (Å²) in [5.41, 5.74) is 8.79. The molecule has 2 unspecified atom stereocenters. The maximum Gasteiger partial charge on any atom is 0.313 e. The first-order valence-electron chi connectivity index (χ1n) is 9.78. The van der Waals surface area contributed by atoms with Crippen LogP contribution in [-0.2, 0) is 27.5 Å². The zero-order valence-electron chi connectivity index (χ0n) is 16.0. The Bertz CT molecular complexity index is 1040. The van der Waals surface area contributed by atoms with Crippen molar-refractivity contribution in [3.63, 3.8) is 0 Å². The van der Waals surface area contributed by atoms with Crippen LogP contribution in [0.15, 0.2) is 54.6 Å². The molecule has 0 radical (unpaired) electrons. The van der Waals surface area contributed by atoms with E-state index in [1.807, 2.05) is 54.6 Å². The monoisotopic (exact) mass is 394 g/mol. The Kier molecular flexibility index (Phi) is 5.34. The number of primary amides is 1. The fraction of sp³-hybridized carbons (Fsp3) is 0.304. The number of amides is 1. The van der Waals surface area contributed by atoms with Crippen molar-refractivity contribution >= 4 is 22.8 Å². The van der Waals surface area contributed by atoms with Crippen LogP contribution in [0.4, 0.5) is 4.39 Å². The molecule has 1 amide bonds. The van der Waals surface area contributed by atoms with Gasteiger partial charge in [-0.1, -0.05) is 48.5 Å². The lowest BCUT2D eigenvalue weighted by Gasteiger charge is -2.28. The first-order chi connectivity index (χ1) is 14.1. The number of aromatic nitrogens is 1. The molecule has 1 heterocycles. The molecule has 0 fully saturated rings. The van der Waals surface area contributed by atoms with Crippen LogP contribution in [0.2, 0.25) is 0 Å². The van der Waals surface area contributed by atoms with Crippen molar-refractivity contribution in [1.29, 1.82) is 0 Å². The summed E-state index contributed by atoms with van der Waals surface area (Å²) in [5.74, 6) is -1.83. The number of hydrogen-bond donors (Lipinski definition) is 1. The maximum absolute atomic E-state index is 13.3. The van der Waals surface area contributed by atoms with Gasteiger partial charge in [-0.3, -0.25) is 9.59 Å². The van der Waals surface area contributed by atoms with E-state index in [0.29, 0.717) is 18.5 Å². The van der Waals surface area contributed by atoms with E-state index in [9.17, 15) is 14.0 Å². The molecule has 1 aliphatic carbocycles. The summed E-state index contributed by atoms with van der Waals surface area (Å²) < 4.78 is 20.7. The molecule has 0 spiro atoms. The number of nitrogens with zero attached hydrogens (tertiary/aromatic N) is 1. The molecule has 6 heteroatoms. The molecule has 5 nitrogen and oxygen atoms in total. The largest absolute Gasteiger partial charge is 0.460 e. The van der Waals surface area contributed by atoms with Crippen LogP contribution in [-0.4, -0.2) is 23.1 Å². The van der Waals surface area contributed by atoms with E-state index in [1.54, 1.807) is 4.57 Å². The van der Waals surface area contributed by atoms with Crippen molar-refractivity contribution in [2.45, 2.75) is 37.8 Å². The number of halogens is 1. The van der Waals surface area contributed by atoms with Gasteiger partial charge in [0.2, 0.25) is 5.91 Å². The average Bonchev–Trinajstić information content (AvgIpc) is 3.07. The number of esters is 1. The third-order valence-corrected chi connectivity index (χ3v) is 5.63. The fourth-order valence-electron chi connectivity index (χ4n) is 4.37. The first-order valence-corrected chi connectivity index (χ1v) is 9.78. The van der Waals surface area contributed by atoms with E-state index in [-0.39, 0.29) is 19.1 Å². The smallest absolute Gasteiger partial charge is 0.313 e. The summed E-state index contributed by atoms with van der Waals surface area (Å²) in [6, 6.07) is 17.0. The predicted octanol–water partition coefficient (Wildman–Crippen LogP) is 3.80. The Balaban J connectivity index is 1.75. The minimum atomic E-state index is -0.570. The second-order valence-corrected chi connectivity index (χ2v) is 7.33. The molecule has 0 bridgehead atoms. The maximum atomic E-state index is 13.3. The van der Waals surface area contributed by atoms with Crippen LogP contribution < -0.4 is 5.73 Å². The molecule has 2 aromatic carbocycles. The second-order valence-electron chi connectivity index (χ2n) is 7.33. The molecule has 2 atom stereocenters. The Morgan fingerprint density at radius 2 is 1.72 bits per heavy atom. The molecular weight excluding hydrogens is 371 g/mol. The number of benzene rings is 2. The molecule has 29 heavy (non-hydrogen) atoms. The van der Waals surface area contributed by atoms with E-state index in [0.717, 1.165) is 22.0 Å². The van der Waals surface area contributed by atoms with Crippen molar-refractivity contribution in [2.24, 2.45) is 5.73 Å². The number of carbonyl (C=O) groups is 2. The van der Waals surface area contributed by atoms with Crippen molar-refractivity contribution in [3.05, 3.63) is 71.4 Å². The number of ether oxygens (including phenoxy) is 1. The number of alkyl halides is 1. The lowest BCUT2D eigenvalue weighted by atomic mass is 9.79. The number of nitrogens with two attached hydrogens (primary N) is 1. The second kappa shape index (κ2) is 8.07. The summed E-state index contributed by atoms with van der Waals surface area (Å²) in [6.45, 7) is -0.265. The van der Waals surface area contributed by atoms with Crippen LogP contribution in [0.1, 0.15) is 41.5 Å². The van der Waals surface area contributed by atoms with Gasteiger partial charge in [0.05, 0.1) is 18.4 Å². The fourth-order valence-corrected chi connectivity index (χ4v) is 4.37. The van der Waals surface area contributed by atoms with E-state index in [1.165, 1.54) is 0 Å². The van der Waals surface area contributed by atoms with Gasteiger partial charge >= 0.3 is 5.97 Å². The zero-order valence-corrected chi connectivity index (χ0v) is 16.0. The van der Waals surface area contributed by atoms with Gasteiger partial charge in [-0.05, 0) is 30.0 Å². The highest BCUT2D eigenvalue weighted by molar-refractivity contribution is 5.95. The topological polar surface area (TPSA) is 74.3 Å². The molecule has 0 aliphatic heterocycles. The molecule has 1 aromatic heterocycles. The quantitative estimate of drug-likeness (QED) is 0.646. The number of hydrogen-bond acceptors (Lipinski definition) is 3. The van der Waals surface area contributed by atoms with Gasteiger partial charge in [-0.25, -0.2) is 4.39 Å². The average molecular weight is 394 g/mol. The standard InChI is InChI=1S/C23H23FN2O3/c24-12-13-26-19-9-5-4-8-16(19)20-17(10-11-18(21(20)26)22(25)27)23(28)29-14-15-6-2-1-3-7-15/h1-9,17-18H,10-14H2,(H2,25,27). The first kappa shape index (κ1) is 19.2. The molecule has 150 valence electrons. The van der Waals surface area contributed by atoms with Crippen LogP contribution in [0, 0.1) is 0 Å². The van der Waals surface area contributed by atoms with Crippen LogP contribution >= 0.6 is 0 Å². The van der Waals surface area contributed by atoms with E-state index < -0.39 is 24.4 Å². The highest BCUT2D eigenvalue weighted by Crippen LogP contribution is 2.45. The van der Waals surface area contributed by atoms with Gasteiger partial charge < -0.3 is 15.0 Å². The number of carbonyl (C=O) groups excluding carboxylic acids is 2. The zero-order chi connectivity index (χ0) is 20.4. The van der Waals surface area contributed by atoms with E-state index in [2.05, 4.69) is 0 Å². The van der Waals surface area contributed by atoms with Gasteiger partial charge in [-0.2, -0.15) is 0 Å².